The fourth-order valence-electron chi connectivity index (χ4n) is 2.86. The molecule has 1 atom stereocenters. The predicted molar refractivity (Wildman–Crippen MR) is 78.9 cm³/mol. The Morgan fingerprint density at radius 2 is 2.05 bits per heavy atom. The van der Waals surface area contributed by atoms with Crippen LogP contribution >= 0.6 is 0 Å². The van der Waals surface area contributed by atoms with E-state index in [4.69, 9.17) is 9.52 Å². The van der Waals surface area contributed by atoms with Crippen LogP contribution in [0.25, 0.3) is 11.0 Å². The van der Waals surface area contributed by atoms with Gasteiger partial charge in [-0.25, -0.2) is 4.79 Å². The van der Waals surface area contributed by atoms with Gasteiger partial charge in [-0.1, -0.05) is 18.2 Å². The molecular formula is C16H15NO5. The van der Waals surface area contributed by atoms with Crippen molar-refractivity contribution in [2.24, 2.45) is 5.92 Å². The number of fused-ring (bicyclic) bond motifs is 1. The summed E-state index contributed by atoms with van der Waals surface area (Å²) in [6, 6.07) is 7.02. The Kier molecular flexibility index (Phi) is 3.44. The highest BCUT2D eigenvalue weighted by Gasteiger charge is 2.33. The van der Waals surface area contributed by atoms with E-state index in [0.29, 0.717) is 29.5 Å². The average molecular weight is 301 g/mol. The molecule has 3 rings (SSSR count). The van der Waals surface area contributed by atoms with E-state index < -0.39 is 23.4 Å². The van der Waals surface area contributed by atoms with Gasteiger partial charge >= 0.3 is 11.6 Å². The zero-order valence-corrected chi connectivity index (χ0v) is 12.0. The highest BCUT2D eigenvalue weighted by atomic mass is 16.4. The number of carboxylic acids is 1. The van der Waals surface area contributed by atoms with Gasteiger partial charge in [-0.3, -0.25) is 9.59 Å². The fourth-order valence-corrected chi connectivity index (χ4v) is 2.86. The molecule has 1 unspecified atom stereocenters. The SMILES string of the molecule is Cc1c(C(=O)N2CCC(C(=O)O)C2)c(=O)oc2ccccc12. The quantitative estimate of drug-likeness (QED) is 0.852. The van der Waals surface area contributed by atoms with Crippen LogP contribution in [0.5, 0.6) is 0 Å². The summed E-state index contributed by atoms with van der Waals surface area (Å²) in [7, 11) is 0. The second-order valence-corrected chi connectivity index (χ2v) is 5.46. The molecule has 0 saturated carbocycles. The van der Waals surface area contributed by atoms with Crippen LogP contribution in [0.15, 0.2) is 33.5 Å². The molecule has 6 nitrogen and oxygen atoms in total. The number of carboxylic acid groups (broad SMARTS) is 1. The Morgan fingerprint density at radius 3 is 2.73 bits per heavy atom. The molecule has 0 bridgehead atoms. The molecule has 1 saturated heterocycles. The van der Waals surface area contributed by atoms with Crippen LogP contribution in [0.3, 0.4) is 0 Å². The molecule has 1 aliphatic rings. The molecule has 0 spiro atoms. The van der Waals surface area contributed by atoms with Gasteiger partial charge in [0.15, 0.2) is 0 Å². The lowest BCUT2D eigenvalue weighted by Crippen LogP contribution is -2.33. The zero-order chi connectivity index (χ0) is 15.9. The van der Waals surface area contributed by atoms with E-state index in [2.05, 4.69) is 0 Å². The summed E-state index contributed by atoms with van der Waals surface area (Å²) in [4.78, 5) is 37.1. The first-order chi connectivity index (χ1) is 10.5. The third kappa shape index (κ3) is 2.26. The third-order valence-electron chi connectivity index (χ3n) is 4.11. The monoisotopic (exact) mass is 301 g/mol. The first-order valence-corrected chi connectivity index (χ1v) is 7.03. The van der Waals surface area contributed by atoms with Gasteiger partial charge in [0.25, 0.3) is 5.91 Å². The smallest absolute Gasteiger partial charge is 0.349 e. The maximum Gasteiger partial charge on any atom is 0.349 e. The number of benzene rings is 1. The largest absolute Gasteiger partial charge is 0.481 e. The molecule has 2 aromatic rings. The molecule has 1 aliphatic heterocycles. The van der Waals surface area contributed by atoms with Gasteiger partial charge in [-0.05, 0) is 25.0 Å². The Bertz CT molecular complexity index is 823. The van der Waals surface area contributed by atoms with Crippen LogP contribution in [0.1, 0.15) is 22.3 Å². The second-order valence-electron chi connectivity index (χ2n) is 5.46. The van der Waals surface area contributed by atoms with E-state index in [9.17, 15) is 14.4 Å². The lowest BCUT2D eigenvalue weighted by molar-refractivity contribution is -0.141. The Morgan fingerprint density at radius 1 is 1.32 bits per heavy atom. The van der Waals surface area contributed by atoms with Gasteiger partial charge in [0.1, 0.15) is 11.1 Å². The normalized spacial score (nSPS) is 17.9. The molecule has 1 amide bonds. The van der Waals surface area contributed by atoms with Crippen molar-refractivity contribution in [1.82, 2.24) is 4.90 Å². The first-order valence-electron chi connectivity index (χ1n) is 7.03. The minimum absolute atomic E-state index is 0.00950. The lowest BCUT2D eigenvalue weighted by Gasteiger charge is -2.16. The van der Waals surface area contributed by atoms with E-state index in [1.165, 1.54) is 4.90 Å². The van der Waals surface area contributed by atoms with Crippen molar-refractivity contribution in [3.63, 3.8) is 0 Å². The summed E-state index contributed by atoms with van der Waals surface area (Å²) in [6.45, 7) is 2.17. The summed E-state index contributed by atoms with van der Waals surface area (Å²) in [5.41, 5.74) is 0.312. The lowest BCUT2D eigenvalue weighted by atomic mass is 10.1. The minimum atomic E-state index is -0.919. The van der Waals surface area contributed by atoms with E-state index in [1.54, 1.807) is 31.2 Å². The van der Waals surface area contributed by atoms with Crippen LogP contribution < -0.4 is 5.63 Å². The highest BCUT2D eigenvalue weighted by Crippen LogP contribution is 2.23. The molecule has 114 valence electrons. The number of aryl methyl sites for hydroxylation is 1. The maximum absolute atomic E-state index is 12.6. The van der Waals surface area contributed by atoms with Crippen molar-refractivity contribution >= 4 is 22.8 Å². The predicted octanol–water partition coefficient (Wildman–Crippen LogP) is 1.65. The van der Waals surface area contributed by atoms with Crippen molar-refractivity contribution in [1.29, 1.82) is 0 Å². The van der Waals surface area contributed by atoms with Crippen LogP contribution in [0, 0.1) is 12.8 Å². The minimum Gasteiger partial charge on any atom is -0.481 e. The number of nitrogens with zero attached hydrogens (tertiary/aromatic N) is 1. The van der Waals surface area contributed by atoms with Crippen molar-refractivity contribution < 1.29 is 19.1 Å². The van der Waals surface area contributed by atoms with E-state index in [0.717, 1.165) is 0 Å². The van der Waals surface area contributed by atoms with Gasteiger partial charge in [-0.2, -0.15) is 0 Å². The van der Waals surface area contributed by atoms with Gasteiger partial charge in [0.2, 0.25) is 0 Å². The zero-order valence-electron chi connectivity index (χ0n) is 12.0. The van der Waals surface area contributed by atoms with Crippen molar-refractivity contribution in [2.75, 3.05) is 13.1 Å². The standard InChI is InChI=1S/C16H15NO5/c1-9-11-4-2-3-5-12(11)22-16(21)13(9)14(18)17-7-6-10(8-17)15(19)20/h2-5,10H,6-8H2,1H3,(H,19,20). The Labute approximate surface area is 126 Å². The van der Waals surface area contributed by atoms with Crippen LogP contribution in [-0.2, 0) is 4.79 Å². The van der Waals surface area contributed by atoms with Crippen LogP contribution in [-0.4, -0.2) is 35.0 Å². The molecule has 1 aromatic heterocycles. The molecular weight excluding hydrogens is 286 g/mol. The van der Waals surface area contributed by atoms with E-state index in [1.807, 2.05) is 0 Å². The average Bonchev–Trinajstić information content (AvgIpc) is 2.97. The van der Waals surface area contributed by atoms with E-state index in [-0.39, 0.29) is 12.1 Å². The number of rotatable bonds is 2. The molecule has 1 aromatic carbocycles. The molecule has 0 aliphatic carbocycles. The topological polar surface area (TPSA) is 87.8 Å². The third-order valence-corrected chi connectivity index (χ3v) is 4.11. The van der Waals surface area contributed by atoms with Crippen molar-refractivity contribution in [2.45, 2.75) is 13.3 Å². The number of likely N-dealkylation sites (tertiary alicyclic amines) is 1. The van der Waals surface area contributed by atoms with Gasteiger partial charge in [-0.15, -0.1) is 0 Å². The first kappa shape index (κ1) is 14.3. The van der Waals surface area contributed by atoms with Crippen molar-refractivity contribution in [3.05, 3.63) is 45.8 Å². The number of carbonyl (C=O) groups excluding carboxylic acids is 1. The summed E-state index contributed by atoms with van der Waals surface area (Å²) in [5.74, 6) is -1.95. The molecule has 0 radical (unpaired) electrons. The Balaban J connectivity index is 2.02. The molecule has 6 heteroatoms. The second kappa shape index (κ2) is 5.29. The number of aliphatic carboxylic acids is 1. The van der Waals surface area contributed by atoms with Crippen LogP contribution in [0.2, 0.25) is 0 Å². The summed E-state index contributed by atoms with van der Waals surface area (Å²) in [6.07, 6.45) is 0.402. The maximum atomic E-state index is 12.6. The highest BCUT2D eigenvalue weighted by molar-refractivity contribution is 5.99. The molecule has 1 N–H and O–H groups in total. The van der Waals surface area contributed by atoms with Gasteiger partial charge in [0, 0.05) is 18.5 Å². The molecule has 1 fully saturated rings. The van der Waals surface area contributed by atoms with Crippen LogP contribution in [0.4, 0.5) is 0 Å². The summed E-state index contributed by atoms with van der Waals surface area (Å²) < 4.78 is 5.21. The number of carbonyl (C=O) groups is 2. The number of hydrogen-bond acceptors (Lipinski definition) is 4. The molecule has 22 heavy (non-hydrogen) atoms. The number of amides is 1. The molecule has 2 heterocycles. The van der Waals surface area contributed by atoms with Gasteiger partial charge in [0.05, 0.1) is 5.92 Å². The fraction of sp³-hybridized carbons (Fsp3) is 0.312. The number of hydrogen-bond donors (Lipinski definition) is 1. The van der Waals surface area contributed by atoms with E-state index >= 15 is 0 Å². The van der Waals surface area contributed by atoms with Gasteiger partial charge < -0.3 is 14.4 Å². The van der Waals surface area contributed by atoms with Crippen molar-refractivity contribution in [3.8, 4) is 0 Å². The Hall–Kier alpha value is -2.63. The number of para-hydroxylation sites is 1. The summed E-state index contributed by atoms with van der Waals surface area (Å²) >= 11 is 0. The summed E-state index contributed by atoms with van der Waals surface area (Å²) in [5, 5.41) is 9.72.